The second-order valence-electron chi connectivity index (χ2n) is 5.05. The molecule has 3 aromatic rings. The molecule has 1 unspecified atom stereocenters. The van der Waals surface area contributed by atoms with Gasteiger partial charge in [-0.2, -0.15) is 0 Å². The van der Waals surface area contributed by atoms with Gasteiger partial charge in [0.25, 0.3) is 0 Å². The first-order valence-electron chi connectivity index (χ1n) is 6.90. The van der Waals surface area contributed by atoms with Crippen molar-refractivity contribution >= 4 is 0 Å². The number of nitrogens with zero attached hydrogens (tertiary/aromatic N) is 2. The van der Waals surface area contributed by atoms with Crippen molar-refractivity contribution in [2.24, 2.45) is 7.05 Å². The lowest BCUT2D eigenvalue weighted by Gasteiger charge is -2.17. The van der Waals surface area contributed by atoms with E-state index in [4.69, 9.17) is 0 Å². The number of rotatable bonds is 4. The Morgan fingerprint density at radius 1 is 0.950 bits per heavy atom. The monoisotopic (exact) mass is 262 g/mol. The molecule has 2 heteroatoms. The minimum absolute atomic E-state index is 0.290. The summed E-state index contributed by atoms with van der Waals surface area (Å²) in [7, 11) is 2.06. The maximum atomic E-state index is 4.55. The molecule has 3 rings (SSSR count). The molecule has 0 bridgehead atoms. The Hall–Kier alpha value is -2.35. The van der Waals surface area contributed by atoms with Crippen molar-refractivity contribution < 1.29 is 0 Å². The molecule has 0 aliphatic heterocycles. The molecule has 0 spiro atoms. The predicted molar refractivity (Wildman–Crippen MR) is 81.6 cm³/mol. The summed E-state index contributed by atoms with van der Waals surface area (Å²) in [6.45, 7) is 0. The van der Waals surface area contributed by atoms with Gasteiger partial charge in [0.15, 0.2) is 0 Å². The molecule has 20 heavy (non-hydrogen) atoms. The molecule has 1 atom stereocenters. The molecule has 2 aromatic carbocycles. The van der Waals surface area contributed by atoms with Crippen LogP contribution in [0.5, 0.6) is 0 Å². The van der Waals surface area contributed by atoms with Gasteiger partial charge >= 0.3 is 0 Å². The van der Waals surface area contributed by atoms with Crippen LogP contribution in [-0.2, 0) is 13.5 Å². The summed E-state index contributed by atoms with van der Waals surface area (Å²) in [5.41, 5.74) is 2.65. The first-order valence-corrected chi connectivity index (χ1v) is 6.90. The van der Waals surface area contributed by atoms with Crippen molar-refractivity contribution in [3.05, 3.63) is 90.0 Å². The third-order valence-corrected chi connectivity index (χ3v) is 3.65. The summed E-state index contributed by atoms with van der Waals surface area (Å²) >= 11 is 0. The zero-order valence-electron chi connectivity index (χ0n) is 11.6. The Kier molecular flexibility index (Phi) is 3.64. The van der Waals surface area contributed by atoms with E-state index in [2.05, 4.69) is 77.3 Å². The van der Waals surface area contributed by atoms with E-state index in [1.165, 1.54) is 11.1 Å². The highest BCUT2D eigenvalue weighted by molar-refractivity contribution is 5.29. The smallest absolute Gasteiger partial charge is 0.116 e. The Morgan fingerprint density at radius 2 is 1.60 bits per heavy atom. The zero-order chi connectivity index (χ0) is 13.8. The molecular formula is C18H18N2. The zero-order valence-corrected chi connectivity index (χ0v) is 11.6. The third kappa shape index (κ3) is 2.64. The molecule has 2 nitrogen and oxygen atoms in total. The molecule has 0 radical (unpaired) electrons. The van der Waals surface area contributed by atoms with Crippen LogP contribution in [0.25, 0.3) is 0 Å². The molecule has 1 heterocycles. The quantitative estimate of drug-likeness (QED) is 0.699. The van der Waals surface area contributed by atoms with Crippen molar-refractivity contribution in [1.82, 2.24) is 9.55 Å². The summed E-state index contributed by atoms with van der Waals surface area (Å²) in [4.78, 5) is 4.55. The van der Waals surface area contributed by atoms with E-state index >= 15 is 0 Å². The highest BCUT2D eigenvalue weighted by atomic mass is 15.0. The van der Waals surface area contributed by atoms with E-state index in [0.29, 0.717) is 5.92 Å². The van der Waals surface area contributed by atoms with Crippen LogP contribution >= 0.6 is 0 Å². The largest absolute Gasteiger partial charge is 0.337 e. The van der Waals surface area contributed by atoms with E-state index in [1.54, 1.807) is 0 Å². The molecule has 0 aliphatic carbocycles. The van der Waals surface area contributed by atoms with Crippen LogP contribution in [-0.4, -0.2) is 9.55 Å². The lowest BCUT2D eigenvalue weighted by atomic mass is 9.91. The molecule has 100 valence electrons. The Bertz CT molecular complexity index is 656. The van der Waals surface area contributed by atoms with Crippen molar-refractivity contribution in [1.29, 1.82) is 0 Å². The lowest BCUT2D eigenvalue weighted by molar-refractivity contribution is 0.688. The number of hydrogen-bond donors (Lipinski definition) is 0. The number of benzene rings is 2. The molecular weight excluding hydrogens is 244 g/mol. The lowest BCUT2D eigenvalue weighted by Crippen LogP contribution is -2.10. The topological polar surface area (TPSA) is 17.8 Å². The van der Waals surface area contributed by atoms with Crippen LogP contribution < -0.4 is 0 Å². The van der Waals surface area contributed by atoms with Crippen LogP contribution in [0.3, 0.4) is 0 Å². The highest BCUT2D eigenvalue weighted by Gasteiger charge is 2.18. The van der Waals surface area contributed by atoms with E-state index < -0.39 is 0 Å². The number of aromatic nitrogens is 2. The highest BCUT2D eigenvalue weighted by Crippen LogP contribution is 2.26. The normalized spacial score (nSPS) is 12.2. The van der Waals surface area contributed by atoms with Gasteiger partial charge < -0.3 is 4.57 Å². The molecule has 0 amide bonds. The van der Waals surface area contributed by atoms with Gasteiger partial charge in [-0.15, -0.1) is 0 Å². The average molecular weight is 262 g/mol. The van der Waals surface area contributed by atoms with Gasteiger partial charge in [0.1, 0.15) is 5.82 Å². The maximum Gasteiger partial charge on any atom is 0.116 e. The minimum atomic E-state index is 0.290. The first-order chi connectivity index (χ1) is 9.84. The number of hydrogen-bond acceptors (Lipinski definition) is 1. The standard InChI is InChI=1S/C18H18N2/c1-20-13-12-19-18(20)17(16-10-6-3-7-11-16)14-15-8-4-2-5-9-15/h2-13,17H,14H2,1H3. The fourth-order valence-corrected chi connectivity index (χ4v) is 2.61. The molecule has 0 aliphatic rings. The van der Waals surface area contributed by atoms with Crippen LogP contribution in [0, 0.1) is 0 Å². The van der Waals surface area contributed by atoms with Crippen molar-refractivity contribution in [2.75, 3.05) is 0 Å². The summed E-state index contributed by atoms with van der Waals surface area (Å²) in [5, 5.41) is 0. The van der Waals surface area contributed by atoms with E-state index in [-0.39, 0.29) is 0 Å². The van der Waals surface area contributed by atoms with Gasteiger partial charge in [-0.1, -0.05) is 60.7 Å². The molecule has 1 aromatic heterocycles. The second-order valence-corrected chi connectivity index (χ2v) is 5.05. The van der Waals surface area contributed by atoms with E-state index in [9.17, 15) is 0 Å². The van der Waals surface area contributed by atoms with Crippen molar-refractivity contribution in [2.45, 2.75) is 12.3 Å². The Balaban J connectivity index is 1.98. The van der Waals surface area contributed by atoms with Crippen LogP contribution in [0.1, 0.15) is 22.9 Å². The second kappa shape index (κ2) is 5.74. The predicted octanol–water partition coefficient (Wildman–Crippen LogP) is 3.79. The summed E-state index contributed by atoms with van der Waals surface area (Å²) in [5.74, 6) is 1.40. The first kappa shape index (κ1) is 12.7. The Labute approximate surface area is 119 Å². The van der Waals surface area contributed by atoms with Gasteiger partial charge in [0, 0.05) is 25.4 Å². The van der Waals surface area contributed by atoms with Gasteiger partial charge in [-0.3, -0.25) is 0 Å². The molecule has 0 N–H and O–H groups in total. The van der Waals surface area contributed by atoms with Gasteiger partial charge in [0.2, 0.25) is 0 Å². The fourth-order valence-electron chi connectivity index (χ4n) is 2.61. The van der Waals surface area contributed by atoms with Crippen molar-refractivity contribution in [3.63, 3.8) is 0 Å². The van der Waals surface area contributed by atoms with E-state index in [1.807, 2.05) is 12.4 Å². The van der Waals surface area contributed by atoms with Crippen molar-refractivity contribution in [3.8, 4) is 0 Å². The summed E-state index contributed by atoms with van der Waals surface area (Å²) in [6, 6.07) is 21.2. The average Bonchev–Trinajstić information content (AvgIpc) is 2.93. The van der Waals surface area contributed by atoms with Crippen LogP contribution in [0.4, 0.5) is 0 Å². The summed E-state index contributed by atoms with van der Waals surface area (Å²) < 4.78 is 2.11. The van der Waals surface area contributed by atoms with Gasteiger partial charge in [0.05, 0.1) is 0 Å². The molecule has 0 saturated heterocycles. The molecule has 0 saturated carbocycles. The SMILES string of the molecule is Cn1ccnc1C(Cc1ccccc1)c1ccccc1. The minimum Gasteiger partial charge on any atom is -0.337 e. The molecule has 0 fully saturated rings. The third-order valence-electron chi connectivity index (χ3n) is 3.65. The summed E-state index contributed by atoms with van der Waals surface area (Å²) in [6.07, 6.45) is 4.85. The maximum absolute atomic E-state index is 4.55. The van der Waals surface area contributed by atoms with Gasteiger partial charge in [-0.25, -0.2) is 4.98 Å². The van der Waals surface area contributed by atoms with Crippen LogP contribution in [0.2, 0.25) is 0 Å². The fraction of sp³-hybridized carbons (Fsp3) is 0.167. The van der Waals surface area contributed by atoms with Crippen LogP contribution in [0.15, 0.2) is 73.1 Å². The number of aryl methyl sites for hydroxylation is 1. The number of imidazole rings is 1. The van der Waals surface area contributed by atoms with Gasteiger partial charge in [-0.05, 0) is 17.5 Å². The van der Waals surface area contributed by atoms with E-state index in [0.717, 1.165) is 12.2 Å². The Morgan fingerprint density at radius 3 is 2.20 bits per heavy atom.